The van der Waals surface area contributed by atoms with Gasteiger partial charge >= 0.3 is 11.8 Å². The minimum absolute atomic E-state index is 0.143. The molecule has 7 nitrogen and oxygen atoms in total. The maximum Gasteiger partial charge on any atom is 0.309 e. The molecule has 1 aliphatic heterocycles. The number of nitrogens with zero attached hydrogens (tertiary/aromatic N) is 1. The molecule has 0 radical (unpaired) electrons. The summed E-state index contributed by atoms with van der Waals surface area (Å²) in [6.07, 6.45) is 2.85. The predicted octanol–water partition coefficient (Wildman–Crippen LogP) is 0.762. The molecule has 0 aromatic heterocycles. The van der Waals surface area contributed by atoms with Crippen LogP contribution in [0, 0.1) is 11.7 Å². The number of sulfonamides is 1. The van der Waals surface area contributed by atoms with Gasteiger partial charge in [0.05, 0.1) is 5.25 Å². The van der Waals surface area contributed by atoms with Crippen LogP contribution in [0.2, 0.25) is 0 Å². The average molecular weight is 397 g/mol. The minimum Gasteiger partial charge on any atom is -0.348 e. The lowest BCUT2D eigenvalue weighted by Gasteiger charge is -2.31. The second-order valence-electron chi connectivity index (χ2n) is 7.11. The molecule has 2 N–H and O–H groups in total. The van der Waals surface area contributed by atoms with Crippen molar-refractivity contribution in [3.63, 3.8) is 0 Å². The summed E-state index contributed by atoms with van der Waals surface area (Å²) in [5.41, 5.74) is 0.696. The fourth-order valence-corrected chi connectivity index (χ4v) is 5.00. The van der Waals surface area contributed by atoms with Gasteiger partial charge in [0.25, 0.3) is 0 Å². The Morgan fingerprint density at radius 3 is 2.19 bits per heavy atom. The van der Waals surface area contributed by atoms with E-state index in [2.05, 4.69) is 10.6 Å². The Kier molecular flexibility index (Phi) is 6.11. The number of piperidine rings is 1. The van der Waals surface area contributed by atoms with Crippen molar-refractivity contribution in [2.24, 2.45) is 5.92 Å². The highest BCUT2D eigenvalue weighted by Gasteiger charge is 2.41. The van der Waals surface area contributed by atoms with Crippen molar-refractivity contribution in [1.29, 1.82) is 0 Å². The van der Waals surface area contributed by atoms with Crippen molar-refractivity contribution in [3.8, 4) is 0 Å². The Labute approximate surface area is 158 Å². The van der Waals surface area contributed by atoms with Gasteiger partial charge in [-0.1, -0.05) is 12.1 Å². The zero-order valence-corrected chi connectivity index (χ0v) is 15.8. The molecule has 0 atom stereocenters. The molecule has 1 aromatic carbocycles. The SMILES string of the molecule is O=C(NCc1ccc(F)cc1)C(=O)NCC1CCN(S(=O)(=O)C2CC2)CC1. The van der Waals surface area contributed by atoms with E-state index in [1.165, 1.54) is 24.3 Å². The van der Waals surface area contributed by atoms with Gasteiger partial charge in [-0.15, -0.1) is 0 Å². The van der Waals surface area contributed by atoms with Gasteiger partial charge in [-0.05, 0) is 49.3 Å². The van der Waals surface area contributed by atoms with Crippen LogP contribution in [-0.4, -0.2) is 49.4 Å². The molecular weight excluding hydrogens is 373 g/mol. The Morgan fingerprint density at radius 1 is 1.00 bits per heavy atom. The number of amides is 2. The van der Waals surface area contributed by atoms with Gasteiger partial charge in [-0.2, -0.15) is 0 Å². The zero-order valence-electron chi connectivity index (χ0n) is 15.0. The maximum absolute atomic E-state index is 12.8. The van der Waals surface area contributed by atoms with Crippen LogP contribution < -0.4 is 10.6 Å². The van der Waals surface area contributed by atoms with Gasteiger partial charge in [0.1, 0.15) is 5.82 Å². The molecule has 2 fully saturated rings. The van der Waals surface area contributed by atoms with E-state index in [0.717, 1.165) is 12.8 Å². The number of rotatable bonds is 6. The van der Waals surface area contributed by atoms with Crippen LogP contribution in [0.3, 0.4) is 0 Å². The first-order valence-electron chi connectivity index (χ1n) is 9.15. The summed E-state index contributed by atoms with van der Waals surface area (Å²) in [5.74, 6) is -1.67. The van der Waals surface area contributed by atoms with Gasteiger partial charge < -0.3 is 10.6 Å². The molecule has 2 amide bonds. The average Bonchev–Trinajstić information content (AvgIpc) is 3.51. The lowest BCUT2D eigenvalue weighted by molar-refractivity contribution is -0.139. The quantitative estimate of drug-likeness (QED) is 0.693. The molecule has 148 valence electrons. The Morgan fingerprint density at radius 2 is 1.59 bits per heavy atom. The Balaban J connectivity index is 1.36. The summed E-state index contributed by atoms with van der Waals surface area (Å²) < 4.78 is 38.8. The second kappa shape index (κ2) is 8.35. The molecule has 1 saturated carbocycles. The molecule has 27 heavy (non-hydrogen) atoms. The first-order chi connectivity index (χ1) is 12.9. The van der Waals surface area contributed by atoms with Crippen LogP contribution >= 0.6 is 0 Å². The summed E-state index contributed by atoms with van der Waals surface area (Å²) >= 11 is 0. The molecule has 1 heterocycles. The van der Waals surface area contributed by atoms with Gasteiger partial charge in [-0.25, -0.2) is 17.1 Å². The van der Waals surface area contributed by atoms with E-state index in [-0.39, 0.29) is 23.5 Å². The van der Waals surface area contributed by atoms with Crippen molar-refractivity contribution in [3.05, 3.63) is 35.6 Å². The van der Waals surface area contributed by atoms with E-state index >= 15 is 0 Å². The van der Waals surface area contributed by atoms with E-state index in [0.29, 0.717) is 38.0 Å². The fourth-order valence-electron chi connectivity index (χ4n) is 3.13. The molecule has 0 unspecified atom stereocenters. The summed E-state index contributed by atoms with van der Waals surface area (Å²) in [6.45, 7) is 1.43. The van der Waals surface area contributed by atoms with E-state index in [9.17, 15) is 22.4 Å². The van der Waals surface area contributed by atoms with Gasteiger partial charge in [0, 0.05) is 26.2 Å². The number of carbonyl (C=O) groups excluding carboxylic acids is 2. The van der Waals surface area contributed by atoms with E-state index in [1.54, 1.807) is 4.31 Å². The number of hydrogen-bond acceptors (Lipinski definition) is 4. The molecule has 3 rings (SSSR count). The summed E-state index contributed by atoms with van der Waals surface area (Å²) in [7, 11) is -3.14. The molecule has 0 bridgehead atoms. The largest absolute Gasteiger partial charge is 0.348 e. The number of hydrogen-bond donors (Lipinski definition) is 2. The monoisotopic (exact) mass is 397 g/mol. The molecular formula is C18H24FN3O4S. The number of carbonyl (C=O) groups is 2. The normalized spacial score (nSPS) is 18.9. The van der Waals surface area contributed by atoms with Crippen molar-refractivity contribution >= 4 is 21.8 Å². The third-order valence-corrected chi connectivity index (χ3v) is 7.40. The van der Waals surface area contributed by atoms with E-state index in [4.69, 9.17) is 0 Å². The van der Waals surface area contributed by atoms with E-state index < -0.39 is 21.8 Å². The highest BCUT2D eigenvalue weighted by atomic mass is 32.2. The first kappa shape index (κ1) is 19.8. The molecule has 1 saturated heterocycles. The van der Waals surface area contributed by atoms with Crippen LogP contribution in [0.1, 0.15) is 31.2 Å². The highest BCUT2D eigenvalue weighted by Crippen LogP contribution is 2.32. The topological polar surface area (TPSA) is 95.6 Å². The minimum atomic E-state index is -3.14. The Hall–Kier alpha value is -2.00. The Bertz CT molecular complexity index is 785. The number of nitrogens with one attached hydrogen (secondary N) is 2. The summed E-state index contributed by atoms with van der Waals surface area (Å²) in [4.78, 5) is 23.7. The van der Waals surface area contributed by atoms with Crippen LogP contribution in [0.5, 0.6) is 0 Å². The third kappa shape index (κ3) is 5.26. The second-order valence-corrected chi connectivity index (χ2v) is 9.32. The fraction of sp³-hybridized carbons (Fsp3) is 0.556. The van der Waals surface area contributed by atoms with E-state index in [1.807, 2.05) is 0 Å². The molecule has 9 heteroatoms. The van der Waals surface area contributed by atoms with Crippen LogP contribution in [0.25, 0.3) is 0 Å². The van der Waals surface area contributed by atoms with Crippen molar-refractivity contribution in [2.75, 3.05) is 19.6 Å². The first-order valence-corrected chi connectivity index (χ1v) is 10.7. The predicted molar refractivity (Wildman–Crippen MR) is 97.5 cm³/mol. The summed E-state index contributed by atoms with van der Waals surface area (Å²) in [6, 6.07) is 5.66. The van der Waals surface area contributed by atoms with Gasteiger partial charge in [0.15, 0.2) is 0 Å². The lowest BCUT2D eigenvalue weighted by Crippen LogP contribution is -2.45. The van der Waals surface area contributed by atoms with Gasteiger partial charge in [0.2, 0.25) is 10.0 Å². The number of benzene rings is 1. The standard InChI is InChI=1S/C18H24FN3O4S/c19-15-3-1-13(2-4-15)11-20-17(23)18(24)21-12-14-7-9-22(10-8-14)27(25,26)16-5-6-16/h1-4,14,16H,5-12H2,(H,20,23)(H,21,24). The zero-order chi connectivity index (χ0) is 19.4. The lowest BCUT2D eigenvalue weighted by atomic mass is 9.98. The molecule has 1 aromatic rings. The third-order valence-electron chi connectivity index (χ3n) is 5.00. The number of halogens is 1. The van der Waals surface area contributed by atoms with Crippen LogP contribution in [-0.2, 0) is 26.2 Å². The van der Waals surface area contributed by atoms with Crippen molar-refractivity contribution in [1.82, 2.24) is 14.9 Å². The van der Waals surface area contributed by atoms with Gasteiger partial charge in [-0.3, -0.25) is 9.59 Å². The molecule has 2 aliphatic rings. The highest BCUT2D eigenvalue weighted by molar-refractivity contribution is 7.90. The smallest absolute Gasteiger partial charge is 0.309 e. The van der Waals surface area contributed by atoms with Crippen LogP contribution in [0.4, 0.5) is 4.39 Å². The van der Waals surface area contributed by atoms with Crippen molar-refractivity contribution < 1.29 is 22.4 Å². The molecule has 1 aliphatic carbocycles. The molecule has 0 spiro atoms. The summed E-state index contributed by atoms with van der Waals surface area (Å²) in [5, 5.41) is 4.90. The maximum atomic E-state index is 12.8. The van der Waals surface area contributed by atoms with Crippen LogP contribution in [0.15, 0.2) is 24.3 Å². The van der Waals surface area contributed by atoms with Crippen molar-refractivity contribution in [2.45, 2.75) is 37.5 Å².